The van der Waals surface area contributed by atoms with Gasteiger partial charge in [-0.05, 0) is 30.2 Å². The molecule has 3 aromatic carbocycles. The molecule has 29 heavy (non-hydrogen) atoms. The zero-order chi connectivity index (χ0) is 19.8. The topological polar surface area (TPSA) is 44.1 Å². The third kappa shape index (κ3) is 2.93. The van der Waals surface area contributed by atoms with Crippen molar-refractivity contribution in [3.63, 3.8) is 0 Å². The van der Waals surface area contributed by atoms with Crippen LogP contribution in [-0.2, 0) is 4.79 Å². The Hall–Kier alpha value is -3.66. The van der Waals surface area contributed by atoms with Gasteiger partial charge < -0.3 is 4.74 Å². The van der Waals surface area contributed by atoms with E-state index in [4.69, 9.17) is 9.84 Å². The molecule has 2 atom stereocenters. The lowest BCUT2D eigenvalue weighted by Gasteiger charge is -2.31. The van der Waals surface area contributed by atoms with Crippen LogP contribution < -0.4 is 4.74 Å². The summed E-state index contributed by atoms with van der Waals surface area (Å²) in [4.78, 5) is 13.3. The molecule has 0 saturated carbocycles. The Kier molecular flexibility index (Phi) is 4.24. The maximum Gasteiger partial charge on any atom is 0.321 e. The molecule has 5 rings (SSSR count). The van der Waals surface area contributed by atoms with E-state index < -0.39 is 5.92 Å². The first-order chi connectivity index (χ1) is 14.2. The summed E-state index contributed by atoms with van der Waals surface area (Å²) in [6, 6.07) is 29.8. The minimum absolute atomic E-state index is 0.160. The van der Waals surface area contributed by atoms with Gasteiger partial charge in [-0.25, -0.2) is 4.68 Å². The first kappa shape index (κ1) is 17.4. The number of hydrogen-bond donors (Lipinski definition) is 0. The third-order valence-corrected chi connectivity index (χ3v) is 5.48. The van der Waals surface area contributed by atoms with Crippen molar-refractivity contribution in [2.45, 2.75) is 18.8 Å². The number of benzene rings is 3. The summed E-state index contributed by atoms with van der Waals surface area (Å²) in [5.74, 6) is -0.320. The van der Waals surface area contributed by atoms with Crippen molar-refractivity contribution >= 4 is 5.97 Å². The highest BCUT2D eigenvalue weighted by molar-refractivity contribution is 5.85. The van der Waals surface area contributed by atoms with Gasteiger partial charge in [0.25, 0.3) is 0 Å². The predicted molar refractivity (Wildman–Crippen MR) is 111 cm³/mol. The van der Waals surface area contributed by atoms with Crippen LogP contribution in [0.2, 0.25) is 0 Å². The molecule has 0 fully saturated rings. The molecule has 0 radical (unpaired) electrons. The molecule has 0 aliphatic carbocycles. The Balaban J connectivity index is 1.75. The number of hydrogen-bond acceptors (Lipinski definition) is 3. The van der Waals surface area contributed by atoms with Gasteiger partial charge in [0.2, 0.25) is 5.88 Å². The number of rotatable bonds is 3. The molecule has 2 heterocycles. The fourth-order valence-electron chi connectivity index (χ4n) is 4.19. The van der Waals surface area contributed by atoms with Gasteiger partial charge in [0.1, 0.15) is 0 Å². The van der Waals surface area contributed by atoms with Crippen molar-refractivity contribution in [1.82, 2.24) is 9.78 Å². The Labute approximate surface area is 169 Å². The van der Waals surface area contributed by atoms with E-state index in [0.29, 0.717) is 5.88 Å². The van der Waals surface area contributed by atoms with E-state index in [1.54, 1.807) is 4.68 Å². The highest BCUT2D eigenvalue weighted by Crippen LogP contribution is 2.48. The van der Waals surface area contributed by atoms with Gasteiger partial charge in [-0.1, -0.05) is 78.9 Å². The van der Waals surface area contributed by atoms with Crippen molar-refractivity contribution in [3.8, 4) is 11.6 Å². The minimum atomic E-state index is -0.418. The largest absolute Gasteiger partial charge is 0.407 e. The lowest BCUT2D eigenvalue weighted by atomic mass is 9.76. The van der Waals surface area contributed by atoms with Crippen LogP contribution in [0.5, 0.6) is 5.88 Å². The Morgan fingerprint density at radius 1 is 0.759 bits per heavy atom. The van der Waals surface area contributed by atoms with Crippen LogP contribution in [0.15, 0.2) is 91.0 Å². The zero-order valence-corrected chi connectivity index (χ0v) is 16.0. The van der Waals surface area contributed by atoms with Crippen LogP contribution >= 0.6 is 0 Å². The van der Waals surface area contributed by atoms with Gasteiger partial charge in [-0.15, -0.1) is 0 Å². The second-order valence-electron chi connectivity index (χ2n) is 7.25. The summed E-state index contributed by atoms with van der Waals surface area (Å²) >= 11 is 0. The minimum Gasteiger partial charge on any atom is -0.407 e. The number of nitrogens with zero attached hydrogens (tertiary/aromatic N) is 2. The van der Waals surface area contributed by atoms with Gasteiger partial charge >= 0.3 is 5.97 Å². The van der Waals surface area contributed by atoms with E-state index in [1.807, 2.05) is 85.8 Å². The Bertz CT molecular complexity index is 1150. The standard InChI is InChI=1S/C25H20N2O2/c1-17-21-22(18-11-5-2-6-12-18)23(19-13-7-3-8-14-19)25(28)29-24(21)27(26-17)20-15-9-4-10-16-20/h2-16,22-23H,1H3/t22-,23-/m0/s1. The van der Waals surface area contributed by atoms with Gasteiger partial charge in [0, 0.05) is 11.5 Å². The molecular formula is C25H20N2O2. The lowest BCUT2D eigenvalue weighted by molar-refractivity contribution is -0.138. The summed E-state index contributed by atoms with van der Waals surface area (Å²) in [5, 5.41) is 4.74. The quantitative estimate of drug-likeness (QED) is 0.469. The number of fused-ring (bicyclic) bond motifs is 1. The second-order valence-corrected chi connectivity index (χ2v) is 7.25. The molecule has 0 unspecified atom stereocenters. The first-order valence-corrected chi connectivity index (χ1v) is 9.70. The highest BCUT2D eigenvalue weighted by atomic mass is 16.5. The van der Waals surface area contributed by atoms with Crippen LogP contribution in [-0.4, -0.2) is 15.7 Å². The Morgan fingerprint density at radius 3 is 1.86 bits per heavy atom. The number of carbonyl (C=O) groups excluding carboxylic acids is 1. The number of carbonyl (C=O) groups is 1. The zero-order valence-electron chi connectivity index (χ0n) is 16.0. The van der Waals surface area contributed by atoms with Gasteiger partial charge in [-0.2, -0.15) is 5.10 Å². The lowest BCUT2D eigenvalue weighted by Crippen LogP contribution is -2.31. The van der Waals surface area contributed by atoms with Crippen LogP contribution in [0.1, 0.15) is 34.2 Å². The molecule has 0 spiro atoms. The predicted octanol–water partition coefficient (Wildman–Crippen LogP) is 5.02. The van der Waals surface area contributed by atoms with Crippen molar-refractivity contribution in [3.05, 3.63) is 113 Å². The average Bonchev–Trinajstić information content (AvgIpc) is 3.10. The highest BCUT2D eigenvalue weighted by Gasteiger charge is 2.43. The second kappa shape index (κ2) is 7.06. The van der Waals surface area contributed by atoms with E-state index in [-0.39, 0.29) is 11.9 Å². The molecule has 0 bridgehead atoms. The number of aromatic nitrogens is 2. The molecule has 1 aliphatic rings. The molecule has 4 heteroatoms. The molecule has 1 aromatic heterocycles. The third-order valence-electron chi connectivity index (χ3n) is 5.48. The molecule has 4 nitrogen and oxygen atoms in total. The summed E-state index contributed by atoms with van der Waals surface area (Å²) in [7, 11) is 0. The van der Waals surface area contributed by atoms with E-state index in [2.05, 4.69) is 12.1 Å². The SMILES string of the molecule is Cc1nn(-c2ccccc2)c2c1[C@H](c1ccccc1)[C@H](c1ccccc1)C(=O)O2. The van der Waals surface area contributed by atoms with Crippen molar-refractivity contribution in [2.75, 3.05) is 0 Å². The van der Waals surface area contributed by atoms with E-state index >= 15 is 0 Å². The van der Waals surface area contributed by atoms with Gasteiger partial charge in [-0.3, -0.25) is 4.79 Å². The molecular weight excluding hydrogens is 360 g/mol. The number of esters is 1. The first-order valence-electron chi connectivity index (χ1n) is 9.70. The number of aryl methyl sites for hydroxylation is 1. The van der Waals surface area contributed by atoms with Crippen LogP contribution in [0.4, 0.5) is 0 Å². The van der Waals surface area contributed by atoms with Gasteiger partial charge in [0.15, 0.2) is 0 Å². The Morgan fingerprint density at radius 2 is 1.28 bits per heavy atom. The maximum atomic E-state index is 13.3. The maximum absolute atomic E-state index is 13.3. The van der Waals surface area contributed by atoms with Crippen molar-refractivity contribution < 1.29 is 9.53 Å². The molecule has 0 saturated heterocycles. The molecule has 142 valence electrons. The van der Waals surface area contributed by atoms with E-state index in [9.17, 15) is 4.79 Å². The fraction of sp³-hybridized carbons (Fsp3) is 0.120. The average molecular weight is 380 g/mol. The van der Waals surface area contributed by atoms with E-state index in [0.717, 1.165) is 28.1 Å². The van der Waals surface area contributed by atoms with Crippen LogP contribution in [0.25, 0.3) is 5.69 Å². The number of para-hydroxylation sites is 1. The molecule has 0 N–H and O–H groups in total. The molecule has 1 aliphatic heterocycles. The summed E-state index contributed by atoms with van der Waals surface area (Å²) in [5.41, 5.74) is 4.73. The van der Waals surface area contributed by atoms with Crippen LogP contribution in [0, 0.1) is 6.92 Å². The smallest absolute Gasteiger partial charge is 0.321 e. The molecule has 0 amide bonds. The normalized spacial score (nSPS) is 18.2. The number of ether oxygens (including phenoxy) is 1. The summed E-state index contributed by atoms with van der Waals surface area (Å²) in [6.45, 7) is 1.98. The monoisotopic (exact) mass is 380 g/mol. The van der Waals surface area contributed by atoms with E-state index in [1.165, 1.54) is 0 Å². The van der Waals surface area contributed by atoms with Crippen molar-refractivity contribution in [2.24, 2.45) is 0 Å². The van der Waals surface area contributed by atoms with Gasteiger partial charge in [0.05, 0.1) is 17.3 Å². The molecule has 4 aromatic rings. The summed E-state index contributed by atoms with van der Waals surface area (Å²) < 4.78 is 7.65. The van der Waals surface area contributed by atoms with Crippen molar-refractivity contribution in [1.29, 1.82) is 0 Å². The fourth-order valence-corrected chi connectivity index (χ4v) is 4.19. The van der Waals surface area contributed by atoms with Crippen LogP contribution in [0.3, 0.4) is 0 Å². The summed E-state index contributed by atoms with van der Waals surface area (Å²) in [6.07, 6.45) is 0.